The molecule has 0 fully saturated rings. The van der Waals surface area contributed by atoms with Gasteiger partial charge in [-0.3, -0.25) is 0 Å². The van der Waals surface area contributed by atoms with E-state index in [2.05, 4.69) is 15.9 Å². The number of halogens is 1. The first-order valence-corrected chi connectivity index (χ1v) is 7.01. The number of sulfone groups is 1. The highest BCUT2D eigenvalue weighted by atomic mass is 79.9. The molecule has 0 aliphatic heterocycles. The van der Waals surface area contributed by atoms with Crippen LogP contribution < -0.4 is 0 Å². The Morgan fingerprint density at radius 3 is 2.43 bits per heavy atom. The van der Waals surface area contributed by atoms with Gasteiger partial charge in [0.2, 0.25) is 0 Å². The third kappa shape index (κ3) is 2.03. The SMILES string of the molecule is CC(C)(CO)S(=O)(=O)c1ccc(Br)s1. The molecule has 0 aliphatic rings. The number of aliphatic hydroxyl groups excluding tert-OH is 1. The predicted octanol–water partition coefficient (Wildman–Crippen LogP) is 2.06. The van der Waals surface area contributed by atoms with Gasteiger partial charge in [-0.1, -0.05) is 0 Å². The standard InChI is InChI=1S/C8H11BrO3S2/c1-8(2,5-10)14(11,12)7-4-3-6(9)13-7/h3-4,10H,5H2,1-2H3. The molecular weight excluding hydrogens is 288 g/mol. The van der Waals surface area contributed by atoms with E-state index in [1.165, 1.54) is 13.8 Å². The maximum absolute atomic E-state index is 11.9. The molecule has 1 rings (SSSR count). The molecule has 0 unspecified atom stereocenters. The maximum atomic E-state index is 11.9. The quantitative estimate of drug-likeness (QED) is 0.929. The Morgan fingerprint density at radius 1 is 1.50 bits per heavy atom. The molecule has 1 heterocycles. The van der Waals surface area contributed by atoms with Crippen molar-refractivity contribution in [1.29, 1.82) is 0 Å². The lowest BCUT2D eigenvalue weighted by Crippen LogP contribution is -2.35. The topological polar surface area (TPSA) is 54.4 Å². The van der Waals surface area contributed by atoms with Crippen molar-refractivity contribution in [2.45, 2.75) is 22.8 Å². The molecule has 0 saturated heterocycles. The Morgan fingerprint density at radius 2 is 2.07 bits per heavy atom. The minimum Gasteiger partial charge on any atom is -0.395 e. The first-order chi connectivity index (χ1) is 6.31. The van der Waals surface area contributed by atoms with Crippen LogP contribution in [-0.4, -0.2) is 24.9 Å². The van der Waals surface area contributed by atoms with E-state index in [0.29, 0.717) is 0 Å². The van der Waals surface area contributed by atoms with Crippen LogP contribution in [-0.2, 0) is 9.84 Å². The van der Waals surface area contributed by atoms with E-state index < -0.39 is 14.6 Å². The Kier molecular flexibility index (Phi) is 3.41. The molecule has 0 amide bonds. The normalized spacial score (nSPS) is 13.1. The van der Waals surface area contributed by atoms with Crippen molar-refractivity contribution < 1.29 is 13.5 Å². The highest BCUT2D eigenvalue weighted by Gasteiger charge is 2.36. The molecule has 0 spiro atoms. The number of aliphatic hydroxyl groups is 1. The van der Waals surface area contributed by atoms with Crippen LogP contribution in [0, 0.1) is 0 Å². The van der Waals surface area contributed by atoms with Crippen molar-refractivity contribution in [2.75, 3.05) is 6.61 Å². The second-order valence-electron chi connectivity index (χ2n) is 3.48. The van der Waals surface area contributed by atoms with Crippen molar-refractivity contribution in [1.82, 2.24) is 0 Å². The van der Waals surface area contributed by atoms with Gasteiger partial charge in [-0.2, -0.15) is 0 Å². The van der Waals surface area contributed by atoms with Gasteiger partial charge < -0.3 is 5.11 Å². The van der Waals surface area contributed by atoms with E-state index in [0.717, 1.165) is 15.1 Å². The molecule has 0 aromatic carbocycles. The summed E-state index contributed by atoms with van der Waals surface area (Å²) in [4.78, 5) is 0. The van der Waals surface area contributed by atoms with E-state index in [-0.39, 0.29) is 10.8 Å². The molecule has 14 heavy (non-hydrogen) atoms. The van der Waals surface area contributed by atoms with Crippen molar-refractivity contribution in [3.05, 3.63) is 15.9 Å². The van der Waals surface area contributed by atoms with E-state index in [1.807, 2.05) is 0 Å². The van der Waals surface area contributed by atoms with Gasteiger partial charge in [0.1, 0.15) is 4.21 Å². The summed E-state index contributed by atoms with van der Waals surface area (Å²) in [5.41, 5.74) is 0. The largest absolute Gasteiger partial charge is 0.395 e. The van der Waals surface area contributed by atoms with Gasteiger partial charge in [0.25, 0.3) is 0 Å². The summed E-state index contributed by atoms with van der Waals surface area (Å²) in [6, 6.07) is 3.23. The third-order valence-electron chi connectivity index (χ3n) is 1.92. The van der Waals surface area contributed by atoms with Crippen LogP contribution in [0.2, 0.25) is 0 Å². The molecule has 0 aliphatic carbocycles. The lowest BCUT2D eigenvalue weighted by molar-refractivity contribution is 0.258. The van der Waals surface area contributed by atoms with Crippen LogP contribution >= 0.6 is 27.3 Å². The summed E-state index contributed by atoms with van der Waals surface area (Å²) >= 11 is 4.36. The lowest BCUT2D eigenvalue weighted by Gasteiger charge is -2.20. The van der Waals surface area contributed by atoms with Gasteiger partial charge in [-0.25, -0.2) is 8.42 Å². The second-order valence-corrected chi connectivity index (χ2v) is 8.75. The third-order valence-corrected chi connectivity index (χ3v) is 6.50. The zero-order valence-corrected chi connectivity index (χ0v) is 11.0. The smallest absolute Gasteiger partial charge is 0.195 e. The second kappa shape index (κ2) is 3.92. The number of hydrogen-bond acceptors (Lipinski definition) is 4. The Labute approximate surface area is 95.8 Å². The molecule has 3 nitrogen and oxygen atoms in total. The van der Waals surface area contributed by atoms with E-state index in [1.54, 1.807) is 12.1 Å². The van der Waals surface area contributed by atoms with Crippen molar-refractivity contribution in [3.63, 3.8) is 0 Å². The van der Waals surface area contributed by atoms with E-state index in [9.17, 15) is 8.42 Å². The molecular formula is C8H11BrO3S2. The summed E-state index contributed by atoms with van der Waals surface area (Å²) in [5, 5.41) is 9.01. The maximum Gasteiger partial charge on any atom is 0.195 e. The Balaban J connectivity index is 3.22. The molecule has 0 atom stereocenters. The minimum atomic E-state index is -3.43. The summed E-state index contributed by atoms with van der Waals surface area (Å²) < 4.78 is 23.8. The van der Waals surface area contributed by atoms with Crippen molar-refractivity contribution in [2.24, 2.45) is 0 Å². The first kappa shape index (κ1) is 12.2. The predicted molar refractivity (Wildman–Crippen MR) is 60.4 cm³/mol. The fraction of sp³-hybridized carbons (Fsp3) is 0.500. The molecule has 0 saturated carbocycles. The molecule has 80 valence electrons. The summed E-state index contributed by atoms with van der Waals surface area (Å²) in [5.74, 6) is 0. The minimum absolute atomic E-state index is 0.281. The number of thiophene rings is 1. The molecule has 0 radical (unpaired) electrons. The molecule has 1 N–H and O–H groups in total. The molecule has 0 bridgehead atoms. The highest BCUT2D eigenvalue weighted by Crippen LogP contribution is 2.32. The molecule has 1 aromatic rings. The number of hydrogen-bond donors (Lipinski definition) is 1. The van der Waals surface area contributed by atoms with Crippen LogP contribution in [0.25, 0.3) is 0 Å². The highest BCUT2D eigenvalue weighted by molar-refractivity contribution is 9.11. The first-order valence-electron chi connectivity index (χ1n) is 3.92. The zero-order chi connectivity index (χ0) is 11.0. The molecule has 1 aromatic heterocycles. The van der Waals surface area contributed by atoms with Crippen molar-refractivity contribution >= 4 is 37.1 Å². The monoisotopic (exact) mass is 298 g/mol. The van der Waals surface area contributed by atoms with Crippen molar-refractivity contribution in [3.8, 4) is 0 Å². The summed E-state index contributed by atoms with van der Waals surface area (Å²) in [6.07, 6.45) is 0. The van der Waals surface area contributed by atoms with E-state index in [4.69, 9.17) is 5.11 Å². The summed E-state index contributed by atoms with van der Waals surface area (Å²) in [6.45, 7) is 2.64. The van der Waals surface area contributed by atoms with E-state index >= 15 is 0 Å². The lowest BCUT2D eigenvalue weighted by atomic mass is 10.2. The fourth-order valence-corrected chi connectivity index (χ4v) is 4.59. The van der Waals surface area contributed by atoms with Gasteiger partial charge in [0.05, 0.1) is 15.1 Å². The van der Waals surface area contributed by atoms with Crippen LogP contribution in [0.1, 0.15) is 13.8 Å². The number of rotatable bonds is 3. The average Bonchev–Trinajstić information content (AvgIpc) is 2.52. The average molecular weight is 299 g/mol. The summed E-state index contributed by atoms with van der Waals surface area (Å²) in [7, 11) is -3.43. The van der Waals surface area contributed by atoms with Gasteiger partial charge in [-0.15, -0.1) is 11.3 Å². The van der Waals surface area contributed by atoms with Gasteiger partial charge in [0.15, 0.2) is 9.84 Å². The van der Waals surface area contributed by atoms with Crippen LogP contribution in [0.5, 0.6) is 0 Å². The van der Waals surface area contributed by atoms with Crippen LogP contribution in [0.3, 0.4) is 0 Å². The van der Waals surface area contributed by atoms with Gasteiger partial charge in [0, 0.05) is 0 Å². The Bertz CT molecular complexity index is 420. The van der Waals surface area contributed by atoms with Gasteiger partial charge in [-0.05, 0) is 41.9 Å². The fourth-order valence-electron chi connectivity index (χ4n) is 0.799. The Hall–Kier alpha value is 0.0900. The van der Waals surface area contributed by atoms with Crippen LogP contribution in [0.4, 0.5) is 0 Å². The molecule has 6 heteroatoms. The van der Waals surface area contributed by atoms with Gasteiger partial charge >= 0.3 is 0 Å². The zero-order valence-electron chi connectivity index (χ0n) is 7.82. The van der Waals surface area contributed by atoms with Crippen LogP contribution in [0.15, 0.2) is 20.1 Å².